The van der Waals surface area contributed by atoms with E-state index in [2.05, 4.69) is 27.7 Å². The molecule has 1 aromatic carbocycles. The molecule has 2 heterocycles. The predicted molar refractivity (Wildman–Crippen MR) is 118 cm³/mol. The molecule has 0 unspecified atom stereocenters. The molecule has 2 fully saturated rings. The van der Waals surface area contributed by atoms with Crippen LogP contribution in [0, 0.1) is 4.77 Å². The van der Waals surface area contributed by atoms with Gasteiger partial charge in [-0.2, -0.15) is 5.10 Å². The van der Waals surface area contributed by atoms with Gasteiger partial charge in [0.15, 0.2) is 9.11 Å². The number of fused-ring (bicyclic) bond motifs is 1. The summed E-state index contributed by atoms with van der Waals surface area (Å²) in [6.07, 6.45) is 8.05. The van der Waals surface area contributed by atoms with Crippen LogP contribution in [0.25, 0.3) is 10.2 Å². The highest BCUT2D eigenvalue weighted by Crippen LogP contribution is 2.35. The van der Waals surface area contributed by atoms with Crippen molar-refractivity contribution in [2.45, 2.75) is 67.4 Å². The molecule has 3 aromatic rings. The first-order valence-corrected chi connectivity index (χ1v) is 12.3. The van der Waals surface area contributed by atoms with Crippen molar-refractivity contribution >= 4 is 45.5 Å². The SMILES string of the molecule is Cn1c(CSc2nc3ccccc3s2)nn(CN(C2CCCC2)C2CC2)c1=S. The summed E-state index contributed by atoms with van der Waals surface area (Å²) in [4.78, 5) is 7.39. The van der Waals surface area contributed by atoms with Gasteiger partial charge in [-0.1, -0.05) is 36.7 Å². The summed E-state index contributed by atoms with van der Waals surface area (Å²) in [5.41, 5.74) is 1.07. The minimum absolute atomic E-state index is 0.719. The predicted octanol–water partition coefficient (Wildman–Crippen LogP) is 5.22. The number of thioether (sulfide) groups is 1. The number of thiazole rings is 1. The fourth-order valence-electron chi connectivity index (χ4n) is 4.12. The van der Waals surface area contributed by atoms with Crippen molar-refractivity contribution < 1.29 is 0 Å². The van der Waals surface area contributed by atoms with Crippen molar-refractivity contribution in [2.75, 3.05) is 0 Å². The van der Waals surface area contributed by atoms with Crippen LogP contribution in [0.1, 0.15) is 44.3 Å². The third kappa shape index (κ3) is 3.79. The molecule has 5 rings (SSSR count). The molecule has 2 aliphatic rings. The molecule has 28 heavy (non-hydrogen) atoms. The highest BCUT2D eigenvalue weighted by atomic mass is 32.2. The van der Waals surface area contributed by atoms with Crippen molar-refractivity contribution in [3.05, 3.63) is 34.9 Å². The van der Waals surface area contributed by atoms with Crippen LogP contribution in [0.3, 0.4) is 0 Å². The number of hydrogen-bond donors (Lipinski definition) is 0. The maximum atomic E-state index is 5.71. The number of nitrogens with zero attached hydrogens (tertiary/aromatic N) is 5. The number of hydrogen-bond acceptors (Lipinski definition) is 6. The van der Waals surface area contributed by atoms with Crippen LogP contribution in [0.5, 0.6) is 0 Å². The molecule has 0 aliphatic heterocycles. The second-order valence-corrected chi connectivity index (χ2v) is 10.4. The molecular weight excluding hydrogens is 406 g/mol. The summed E-state index contributed by atoms with van der Waals surface area (Å²) in [7, 11) is 2.04. The molecule has 2 aliphatic carbocycles. The number of para-hydroxylation sites is 1. The lowest BCUT2D eigenvalue weighted by Gasteiger charge is -2.28. The van der Waals surface area contributed by atoms with Gasteiger partial charge in [0, 0.05) is 19.1 Å². The molecule has 0 amide bonds. The second-order valence-electron chi connectivity index (χ2n) is 7.82. The zero-order valence-corrected chi connectivity index (χ0v) is 18.5. The van der Waals surface area contributed by atoms with Crippen LogP contribution in [0.15, 0.2) is 28.6 Å². The van der Waals surface area contributed by atoms with Gasteiger partial charge < -0.3 is 4.57 Å². The summed E-state index contributed by atoms with van der Waals surface area (Å²) in [5, 5.41) is 4.89. The molecule has 0 saturated heterocycles. The van der Waals surface area contributed by atoms with Gasteiger partial charge in [0.1, 0.15) is 5.82 Å². The lowest BCUT2D eigenvalue weighted by atomic mass is 10.2. The van der Waals surface area contributed by atoms with E-state index in [9.17, 15) is 0 Å². The maximum Gasteiger partial charge on any atom is 0.198 e. The number of benzene rings is 1. The third-order valence-corrected chi connectivity index (χ3v) is 8.50. The van der Waals surface area contributed by atoms with Crippen LogP contribution < -0.4 is 0 Å². The lowest BCUT2D eigenvalue weighted by molar-refractivity contribution is 0.134. The molecule has 2 aromatic heterocycles. The highest BCUT2D eigenvalue weighted by Gasteiger charge is 2.35. The molecule has 0 N–H and O–H groups in total. The number of rotatable bonds is 7. The quantitative estimate of drug-likeness (QED) is 0.379. The summed E-state index contributed by atoms with van der Waals surface area (Å²) in [5.74, 6) is 1.82. The Morgan fingerprint density at radius 3 is 2.68 bits per heavy atom. The van der Waals surface area contributed by atoms with Crippen molar-refractivity contribution in [3.63, 3.8) is 0 Å². The molecule has 0 spiro atoms. The van der Waals surface area contributed by atoms with Crippen molar-refractivity contribution in [1.82, 2.24) is 24.2 Å². The van der Waals surface area contributed by atoms with Gasteiger partial charge in [0.05, 0.1) is 22.6 Å². The first kappa shape index (κ1) is 18.8. The fraction of sp³-hybridized carbons (Fsp3) is 0.550. The van der Waals surface area contributed by atoms with Gasteiger partial charge in [0.2, 0.25) is 0 Å². The first-order chi connectivity index (χ1) is 13.7. The third-order valence-electron chi connectivity index (χ3n) is 5.84. The Bertz CT molecular complexity index is 993. The molecule has 2 saturated carbocycles. The first-order valence-electron chi connectivity index (χ1n) is 10.1. The van der Waals surface area contributed by atoms with E-state index in [4.69, 9.17) is 22.3 Å². The Morgan fingerprint density at radius 2 is 1.93 bits per heavy atom. The Hall–Kier alpha value is -1.22. The topological polar surface area (TPSA) is 38.9 Å². The van der Waals surface area contributed by atoms with E-state index in [0.29, 0.717) is 0 Å². The molecular formula is C20H25N5S3. The van der Waals surface area contributed by atoms with Crippen LogP contribution in [-0.4, -0.2) is 36.3 Å². The van der Waals surface area contributed by atoms with Gasteiger partial charge in [-0.15, -0.1) is 11.3 Å². The van der Waals surface area contributed by atoms with Crippen LogP contribution in [0.4, 0.5) is 0 Å². The molecule has 5 nitrogen and oxygen atoms in total. The van der Waals surface area contributed by atoms with E-state index >= 15 is 0 Å². The summed E-state index contributed by atoms with van der Waals surface area (Å²) < 4.78 is 7.26. The van der Waals surface area contributed by atoms with Gasteiger partial charge in [0.25, 0.3) is 0 Å². The van der Waals surface area contributed by atoms with E-state index in [1.165, 1.54) is 43.2 Å². The Labute approximate surface area is 178 Å². The van der Waals surface area contributed by atoms with Crippen LogP contribution in [-0.2, 0) is 19.5 Å². The van der Waals surface area contributed by atoms with E-state index in [1.807, 2.05) is 17.8 Å². The van der Waals surface area contributed by atoms with E-state index in [-0.39, 0.29) is 0 Å². The largest absolute Gasteiger partial charge is 0.306 e. The van der Waals surface area contributed by atoms with Crippen LogP contribution in [0.2, 0.25) is 0 Å². The van der Waals surface area contributed by atoms with Crippen molar-refractivity contribution in [2.24, 2.45) is 7.05 Å². The smallest absolute Gasteiger partial charge is 0.198 e. The zero-order chi connectivity index (χ0) is 19.1. The van der Waals surface area contributed by atoms with Crippen molar-refractivity contribution in [1.29, 1.82) is 0 Å². The summed E-state index contributed by atoms with van der Waals surface area (Å²) >= 11 is 9.21. The van der Waals surface area contributed by atoms with E-state index in [1.54, 1.807) is 23.1 Å². The number of aromatic nitrogens is 4. The summed E-state index contributed by atoms with van der Waals surface area (Å²) in [6, 6.07) is 9.77. The second kappa shape index (κ2) is 7.89. The van der Waals surface area contributed by atoms with Gasteiger partial charge in [-0.25, -0.2) is 9.67 Å². The molecule has 0 bridgehead atoms. The summed E-state index contributed by atoms with van der Waals surface area (Å²) in [6.45, 7) is 0.841. The van der Waals surface area contributed by atoms with E-state index < -0.39 is 0 Å². The van der Waals surface area contributed by atoms with Gasteiger partial charge >= 0.3 is 0 Å². The fourth-order valence-corrected chi connectivity index (χ4v) is 6.37. The molecule has 8 heteroatoms. The standard InChI is InChI=1S/C20H25N5S3/c1-23-18(12-27-19-21-16-8-4-5-9-17(16)28-19)22-25(20(23)26)13-24(15-10-11-15)14-6-2-3-7-14/h4-5,8-9,14-15H,2-3,6-7,10-13H2,1H3. The van der Waals surface area contributed by atoms with E-state index in [0.717, 1.165) is 45.0 Å². The normalized spacial score (nSPS) is 17.9. The maximum absolute atomic E-state index is 5.71. The Balaban J connectivity index is 1.31. The van der Waals surface area contributed by atoms with Gasteiger partial charge in [-0.05, 0) is 50.0 Å². The average molecular weight is 432 g/mol. The Kier molecular flexibility index (Phi) is 5.30. The lowest BCUT2D eigenvalue weighted by Crippen LogP contribution is -2.37. The van der Waals surface area contributed by atoms with Crippen LogP contribution >= 0.6 is 35.3 Å². The molecule has 0 atom stereocenters. The van der Waals surface area contributed by atoms with Gasteiger partial charge in [-0.3, -0.25) is 4.90 Å². The molecule has 148 valence electrons. The van der Waals surface area contributed by atoms with Crippen molar-refractivity contribution in [3.8, 4) is 0 Å². The minimum atomic E-state index is 0.719. The Morgan fingerprint density at radius 1 is 1.18 bits per heavy atom. The molecule has 0 radical (unpaired) electrons. The monoisotopic (exact) mass is 431 g/mol. The highest BCUT2D eigenvalue weighted by molar-refractivity contribution is 8.00. The minimum Gasteiger partial charge on any atom is -0.306 e. The average Bonchev–Trinajstić information content (AvgIpc) is 3.13. The zero-order valence-electron chi connectivity index (χ0n) is 16.1.